The van der Waals surface area contributed by atoms with Crippen LogP contribution in [0.2, 0.25) is 0 Å². The molecule has 1 saturated heterocycles. The van der Waals surface area contributed by atoms with Gasteiger partial charge in [0.05, 0.1) is 6.61 Å². The first-order chi connectivity index (χ1) is 8.18. The molecule has 6 heteroatoms. The second-order valence-electron chi connectivity index (χ2n) is 4.49. The number of urea groups is 1. The lowest BCUT2D eigenvalue weighted by Gasteiger charge is -2.28. The molecule has 0 aromatic rings. The largest absolute Gasteiger partial charge is 0.480 e. The summed E-state index contributed by atoms with van der Waals surface area (Å²) in [6.45, 7) is 2.23. The molecular weight excluding hydrogens is 224 g/mol. The Morgan fingerprint density at radius 1 is 1.29 bits per heavy atom. The van der Waals surface area contributed by atoms with Crippen LogP contribution in [-0.4, -0.2) is 65.8 Å². The molecular formula is C11H18N2O4. The molecule has 1 heterocycles. The lowest BCUT2D eigenvalue weighted by molar-refractivity contribution is -0.137. The van der Waals surface area contributed by atoms with E-state index >= 15 is 0 Å². The highest BCUT2D eigenvalue weighted by Crippen LogP contribution is 2.27. The number of amides is 2. The first kappa shape index (κ1) is 12.2. The Morgan fingerprint density at radius 3 is 2.71 bits per heavy atom. The minimum atomic E-state index is -0.948. The van der Waals surface area contributed by atoms with Crippen LogP contribution in [0.25, 0.3) is 0 Å². The van der Waals surface area contributed by atoms with Crippen LogP contribution in [-0.2, 0) is 9.53 Å². The van der Waals surface area contributed by atoms with Gasteiger partial charge in [0.15, 0.2) is 0 Å². The quantitative estimate of drug-likeness (QED) is 0.776. The van der Waals surface area contributed by atoms with E-state index in [4.69, 9.17) is 9.84 Å². The Bertz CT molecular complexity index is 296. The van der Waals surface area contributed by atoms with Crippen LogP contribution in [0.1, 0.15) is 19.3 Å². The van der Waals surface area contributed by atoms with E-state index in [2.05, 4.69) is 0 Å². The summed E-state index contributed by atoms with van der Waals surface area (Å²) in [5.41, 5.74) is 0. The molecule has 1 aliphatic carbocycles. The maximum Gasteiger partial charge on any atom is 0.323 e. The van der Waals surface area contributed by atoms with Gasteiger partial charge in [-0.3, -0.25) is 4.79 Å². The van der Waals surface area contributed by atoms with Crippen molar-refractivity contribution in [3.63, 3.8) is 0 Å². The van der Waals surface area contributed by atoms with E-state index in [1.165, 1.54) is 4.90 Å². The number of rotatable bonds is 3. The number of aliphatic carboxylic acids is 1. The summed E-state index contributed by atoms with van der Waals surface area (Å²) in [4.78, 5) is 26.1. The van der Waals surface area contributed by atoms with Gasteiger partial charge in [0.2, 0.25) is 0 Å². The zero-order valence-electron chi connectivity index (χ0n) is 9.80. The van der Waals surface area contributed by atoms with Gasteiger partial charge in [0, 0.05) is 25.7 Å². The number of carbonyl (C=O) groups excluding carboxylic acids is 1. The van der Waals surface area contributed by atoms with Crippen molar-refractivity contribution >= 4 is 12.0 Å². The lowest BCUT2D eigenvalue weighted by atomic mass is 10.4. The van der Waals surface area contributed by atoms with Gasteiger partial charge in [-0.15, -0.1) is 0 Å². The van der Waals surface area contributed by atoms with Crippen LogP contribution >= 0.6 is 0 Å². The van der Waals surface area contributed by atoms with Crippen molar-refractivity contribution < 1.29 is 19.4 Å². The van der Waals surface area contributed by atoms with Crippen molar-refractivity contribution in [1.29, 1.82) is 0 Å². The highest BCUT2D eigenvalue weighted by Gasteiger charge is 2.36. The molecule has 2 amide bonds. The van der Waals surface area contributed by atoms with E-state index < -0.39 is 5.97 Å². The summed E-state index contributed by atoms with van der Waals surface area (Å²) in [6.07, 6.45) is 2.66. The van der Waals surface area contributed by atoms with E-state index in [-0.39, 0.29) is 18.6 Å². The van der Waals surface area contributed by atoms with E-state index in [0.717, 1.165) is 19.3 Å². The maximum absolute atomic E-state index is 12.2. The molecule has 1 N–H and O–H groups in total. The Hall–Kier alpha value is -1.30. The Kier molecular flexibility index (Phi) is 3.83. The smallest absolute Gasteiger partial charge is 0.323 e. The average molecular weight is 242 g/mol. The fraction of sp³-hybridized carbons (Fsp3) is 0.818. The fourth-order valence-corrected chi connectivity index (χ4v) is 2.00. The molecule has 1 aliphatic heterocycles. The zero-order chi connectivity index (χ0) is 12.3. The molecule has 96 valence electrons. The molecule has 0 radical (unpaired) electrons. The van der Waals surface area contributed by atoms with Crippen molar-refractivity contribution in [1.82, 2.24) is 9.80 Å². The highest BCUT2D eigenvalue weighted by molar-refractivity contribution is 5.80. The van der Waals surface area contributed by atoms with Gasteiger partial charge in [0.1, 0.15) is 6.54 Å². The third kappa shape index (κ3) is 3.33. The molecule has 1 saturated carbocycles. The van der Waals surface area contributed by atoms with Crippen LogP contribution in [0.3, 0.4) is 0 Å². The summed E-state index contributed by atoms with van der Waals surface area (Å²) in [5.74, 6) is -0.948. The van der Waals surface area contributed by atoms with Crippen LogP contribution in [0.4, 0.5) is 4.79 Å². The number of ether oxygens (including phenoxy) is 1. The maximum atomic E-state index is 12.2. The summed E-state index contributed by atoms with van der Waals surface area (Å²) in [5, 5.41) is 8.83. The predicted octanol–water partition coefficient (Wildman–Crippen LogP) is 0.378. The number of hydrogen-bond donors (Lipinski definition) is 1. The Labute approximate surface area is 100 Å². The topological polar surface area (TPSA) is 70.1 Å². The third-order valence-corrected chi connectivity index (χ3v) is 3.03. The van der Waals surface area contributed by atoms with E-state index in [1.807, 2.05) is 0 Å². The van der Waals surface area contributed by atoms with Crippen molar-refractivity contribution in [3.05, 3.63) is 0 Å². The normalized spacial score (nSPS) is 20.8. The van der Waals surface area contributed by atoms with Crippen molar-refractivity contribution in [3.8, 4) is 0 Å². The van der Waals surface area contributed by atoms with Gasteiger partial charge < -0.3 is 19.6 Å². The van der Waals surface area contributed by atoms with Gasteiger partial charge in [0.25, 0.3) is 0 Å². The predicted molar refractivity (Wildman–Crippen MR) is 59.8 cm³/mol. The molecule has 17 heavy (non-hydrogen) atoms. The highest BCUT2D eigenvalue weighted by atomic mass is 16.5. The minimum absolute atomic E-state index is 0.128. The standard InChI is InChI=1S/C11H18N2O4/c14-10(15)8-13(9-2-3-9)11(16)12-4-1-6-17-7-5-12/h9H,1-8H2,(H,14,15). The van der Waals surface area contributed by atoms with Crippen molar-refractivity contribution in [2.24, 2.45) is 0 Å². The second-order valence-corrected chi connectivity index (χ2v) is 4.49. The van der Waals surface area contributed by atoms with Gasteiger partial charge >= 0.3 is 12.0 Å². The third-order valence-electron chi connectivity index (χ3n) is 3.03. The average Bonchev–Trinajstić information content (AvgIpc) is 3.10. The number of carboxylic acids is 1. The summed E-state index contributed by atoms with van der Waals surface area (Å²) >= 11 is 0. The monoisotopic (exact) mass is 242 g/mol. The minimum Gasteiger partial charge on any atom is -0.480 e. The molecule has 0 aromatic heterocycles. The Morgan fingerprint density at radius 2 is 2.06 bits per heavy atom. The molecule has 0 aromatic carbocycles. The first-order valence-corrected chi connectivity index (χ1v) is 6.03. The lowest BCUT2D eigenvalue weighted by Crippen LogP contribution is -2.47. The molecule has 2 fully saturated rings. The number of carbonyl (C=O) groups is 2. The zero-order valence-corrected chi connectivity index (χ0v) is 9.80. The summed E-state index contributed by atoms with van der Waals surface area (Å²) in [7, 11) is 0. The molecule has 6 nitrogen and oxygen atoms in total. The molecule has 0 spiro atoms. The first-order valence-electron chi connectivity index (χ1n) is 6.03. The molecule has 2 aliphatic rings. The number of hydrogen-bond acceptors (Lipinski definition) is 3. The van der Waals surface area contributed by atoms with Gasteiger partial charge in [-0.2, -0.15) is 0 Å². The second kappa shape index (κ2) is 5.35. The molecule has 2 rings (SSSR count). The van der Waals surface area contributed by atoms with Crippen LogP contribution in [0.5, 0.6) is 0 Å². The summed E-state index contributed by atoms with van der Waals surface area (Å²) < 4.78 is 5.28. The van der Waals surface area contributed by atoms with E-state index in [0.29, 0.717) is 26.3 Å². The van der Waals surface area contributed by atoms with Crippen LogP contribution in [0, 0.1) is 0 Å². The SMILES string of the molecule is O=C(O)CN(C(=O)N1CCCOCC1)C1CC1. The van der Waals surface area contributed by atoms with Crippen molar-refractivity contribution in [2.45, 2.75) is 25.3 Å². The van der Waals surface area contributed by atoms with Gasteiger partial charge in [-0.25, -0.2) is 4.79 Å². The van der Waals surface area contributed by atoms with Crippen molar-refractivity contribution in [2.75, 3.05) is 32.8 Å². The number of nitrogens with zero attached hydrogens (tertiary/aromatic N) is 2. The van der Waals surface area contributed by atoms with E-state index in [1.54, 1.807) is 4.90 Å². The van der Waals surface area contributed by atoms with E-state index in [9.17, 15) is 9.59 Å². The number of carboxylic acid groups (broad SMARTS) is 1. The van der Waals surface area contributed by atoms with Crippen LogP contribution in [0.15, 0.2) is 0 Å². The summed E-state index contributed by atoms with van der Waals surface area (Å²) in [6, 6.07) is -0.0248. The van der Waals surface area contributed by atoms with Gasteiger partial charge in [-0.1, -0.05) is 0 Å². The Balaban J connectivity index is 1.96. The fourth-order valence-electron chi connectivity index (χ4n) is 2.00. The molecule has 0 bridgehead atoms. The van der Waals surface area contributed by atoms with Crippen LogP contribution < -0.4 is 0 Å². The molecule has 0 unspecified atom stereocenters. The van der Waals surface area contributed by atoms with Gasteiger partial charge in [-0.05, 0) is 19.3 Å². The molecule has 0 atom stereocenters.